The molecule has 1 N–H and O–H groups in total. The largest absolute Gasteiger partial charge is 0.314 e. The van der Waals surface area contributed by atoms with Gasteiger partial charge in [-0.25, -0.2) is 0 Å². The highest BCUT2D eigenvalue weighted by Gasteiger charge is 2.38. The number of rotatable bonds is 10. The SMILES string of the molecule is CCCNC1CC(c2ccc(CC)cc2)CC(CC)C1CC(C)C1C=CC(CC)=CC1. The van der Waals surface area contributed by atoms with Crippen LogP contribution in [0.4, 0.5) is 0 Å². The van der Waals surface area contributed by atoms with Crippen molar-refractivity contribution in [2.45, 2.75) is 97.9 Å². The second-order valence-corrected chi connectivity index (χ2v) is 10.3. The number of hydrogen-bond donors (Lipinski definition) is 1. The molecule has 0 spiro atoms. The Kier molecular flexibility index (Phi) is 9.45. The van der Waals surface area contributed by atoms with Crippen LogP contribution in [0.5, 0.6) is 0 Å². The molecule has 0 aromatic heterocycles. The predicted octanol–water partition coefficient (Wildman–Crippen LogP) is 8.08. The third kappa shape index (κ3) is 6.35. The smallest absolute Gasteiger partial charge is 0.0104 e. The minimum absolute atomic E-state index is 0.659. The van der Waals surface area contributed by atoms with Crippen molar-refractivity contribution in [2.24, 2.45) is 23.7 Å². The van der Waals surface area contributed by atoms with Gasteiger partial charge in [-0.1, -0.05) is 89.1 Å². The fourth-order valence-electron chi connectivity index (χ4n) is 6.10. The minimum Gasteiger partial charge on any atom is -0.314 e. The van der Waals surface area contributed by atoms with Gasteiger partial charge in [0.2, 0.25) is 0 Å². The Bertz CT molecular complexity index is 712. The lowest BCUT2D eigenvalue weighted by Crippen LogP contribution is -2.46. The Balaban J connectivity index is 1.72. The van der Waals surface area contributed by atoms with Crippen LogP contribution in [0.15, 0.2) is 48.1 Å². The first-order chi connectivity index (χ1) is 15.1. The average Bonchev–Trinajstić information content (AvgIpc) is 2.83. The molecule has 2 aliphatic rings. The van der Waals surface area contributed by atoms with E-state index in [1.54, 1.807) is 5.56 Å². The summed E-state index contributed by atoms with van der Waals surface area (Å²) in [5, 5.41) is 4.00. The van der Waals surface area contributed by atoms with E-state index in [0.29, 0.717) is 12.0 Å². The molecule has 1 saturated carbocycles. The highest BCUT2D eigenvalue weighted by atomic mass is 14.9. The van der Waals surface area contributed by atoms with E-state index in [-0.39, 0.29) is 0 Å². The molecule has 0 amide bonds. The second kappa shape index (κ2) is 12.0. The highest BCUT2D eigenvalue weighted by Crippen LogP contribution is 2.45. The Hall–Kier alpha value is -1.34. The molecule has 6 atom stereocenters. The molecule has 0 saturated heterocycles. The molecule has 6 unspecified atom stereocenters. The van der Waals surface area contributed by atoms with Crippen LogP contribution < -0.4 is 5.32 Å². The standard InChI is InChI=1S/C30H47N/c1-6-18-31-30-21-28(27-16-12-24(8-3)13-17-27)20-25(9-4)29(30)19-22(5)26-14-10-23(7-2)11-15-26/h10-14,16-17,22,25-26,28-31H,6-9,15,18-21H2,1-5H3. The van der Waals surface area contributed by atoms with Crippen molar-refractivity contribution in [1.29, 1.82) is 0 Å². The molecule has 172 valence electrons. The van der Waals surface area contributed by atoms with Crippen molar-refractivity contribution in [3.63, 3.8) is 0 Å². The number of aryl methyl sites for hydroxylation is 1. The summed E-state index contributed by atoms with van der Waals surface area (Å²) in [6.45, 7) is 12.9. The van der Waals surface area contributed by atoms with Gasteiger partial charge in [-0.2, -0.15) is 0 Å². The van der Waals surface area contributed by atoms with E-state index in [9.17, 15) is 0 Å². The van der Waals surface area contributed by atoms with Gasteiger partial charge >= 0.3 is 0 Å². The van der Waals surface area contributed by atoms with Crippen LogP contribution in [0.1, 0.15) is 96.6 Å². The van der Waals surface area contributed by atoms with Crippen LogP contribution in [-0.2, 0) is 6.42 Å². The van der Waals surface area contributed by atoms with Crippen LogP contribution >= 0.6 is 0 Å². The maximum absolute atomic E-state index is 4.00. The van der Waals surface area contributed by atoms with Crippen LogP contribution in [0, 0.1) is 23.7 Å². The highest BCUT2D eigenvalue weighted by molar-refractivity contribution is 5.27. The Morgan fingerprint density at radius 1 is 1.00 bits per heavy atom. The van der Waals surface area contributed by atoms with Crippen molar-refractivity contribution in [3.05, 3.63) is 59.2 Å². The first kappa shape index (κ1) is 24.3. The quantitative estimate of drug-likeness (QED) is 0.402. The summed E-state index contributed by atoms with van der Waals surface area (Å²) in [5.74, 6) is 3.83. The topological polar surface area (TPSA) is 12.0 Å². The average molecular weight is 422 g/mol. The summed E-state index contributed by atoms with van der Waals surface area (Å²) < 4.78 is 0. The summed E-state index contributed by atoms with van der Waals surface area (Å²) >= 11 is 0. The zero-order valence-electron chi connectivity index (χ0n) is 20.9. The van der Waals surface area contributed by atoms with Crippen LogP contribution in [-0.4, -0.2) is 12.6 Å². The summed E-state index contributed by atoms with van der Waals surface area (Å²) in [6.07, 6.45) is 17.5. The van der Waals surface area contributed by atoms with E-state index < -0.39 is 0 Å². The predicted molar refractivity (Wildman–Crippen MR) is 137 cm³/mol. The molecule has 1 heteroatoms. The number of hydrogen-bond acceptors (Lipinski definition) is 1. The van der Waals surface area contributed by atoms with Crippen molar-refractivity contribution in [1.82, 2.24) is 5.32 Å². The van der Waals surface area contributed by atoms with Gasteiger partial charge in [0.25, 0.3) is 0 Å². The summed E-state index contributed by atoms with van der Waals surface area (Å²) in [5.41, 5.74) is 4.55. The molecule has 31 heavy (non-hydrogen) atoms. The van der Waals surface area contributed by atoms with Crippen LogP contribution in [0.25, 0.3) is 0 Å². The molecule has 1 aromatic carbocycles. The number of nitrogens with one attached hydrogen (secondary N) is 1. The summed E-state index contributed by atoms with van der Waals surface area (Å²) in [6, 6.07) is 10.2. The van der Waals surface area contributed by atoms with Gasteiger partial charge in [-0.15, -0.1) is 0 Å². The normalized spacial score (nSPS) is 29.6. The van der Waals surface area contributed by atoms with Gasteiger partial charge in [0.05, 0.1) is 0 Å². The van der Waals surface area contributed by atoms with E-state index >= 15 is 0 Å². The van der Waals surface area contributed by atoms with E-state index in [1.165, 1.54) is 56.1 Å². The van der Waals surface area contributed by atoms with Gasteiger partial charge in [0.15, 0.2) is 0 Å². The molecule has 3 rings (SSSR count). The molecule has 0 bridgehead atoms. The monoisotopic (exact) mass is 421 g/mol. The van der Waals surface area contributed by atoms with Crippen LogP contribution in [0.3, 0.4) is 0 Å². The maximum atomic E-state index is 4.00. The number of benzene rings is 1. The van der Waals surface area contributed by atoms with Gasteiger partial charge in [-0.05, 0) is 92.2 Å². The van der Waals surface area contributed by atoms with E-state index in [4.69, 9.17) is 0 Å². The first-order valence-electron chi connectivity index (χ1n) is 13.3. The Morgan fingerprint density at radius 3 is 2.35 bits per heavy atom. The van der Waals surface area contributed by atoms with E-state index in [1.807, 2.05) is 0 Å². The summed E-state index contributed by atoms with van der Waals surface area (Å²) in [7, 11) is 0. The fraction of sp³-hybridized carbons (Fsp3) is 0.667. The molecule has 1 fully saturated rings. The van der Waals surface area contributed by atoms with Crippen LogP contribution in [0.2, 0.25) is 0 Å². The molecular weight excluding hydrogens is 374 g/mol. The molecule has 0 heterocycles. The fourth-order valence-corrected chi connectivity index (χ4v) is 6.10. The lowest BCUT2D eigenvalue weighted by molar-refractivity contribution is 0.121. The van der Waals surface area contributed by atoms with Crippen molar-refractivity contribution < 1.29 is 0 Å². The zero-order valence-corrected chi connectivity index (χ0v) is 20.9. The third-order valence-corrected chi connectivity index (χ3v) is 8.28. The molecule has 1 aromatic rings. The third-order valence-electron chi connectivity index (χ3n) is 8.28. The van der Waals surface area contributed by atoms with Crippen molar-refractivity contribution in [2.75, 3.05) is 6.54 Å². The van der Waals surface area contributed by atoms with Gasteiger partial charge in [-0.3, -0.25) is 0 Å². The van der Waals surface area contributed by atoms with E-state index in [0.717, 1.165) is 36.6 Å². The Labute approximate surface area is 192 Å². The molecule has 1 nitrogen and oxygen atoms in total. The first-order valence-corrected chi connectivity index (χ1v) is 13.3. The molecule has 0 radical (unpaired) electrons. The van der Waals surface area contributed by atoms with Gasteiger partial charge < -0.3 is 5.32 Å². The lowest BCUT2D eigenvalue weighted by atomic mass is 9.64. The minimum atomic E-state index is 0.659. The Morgan fingerprint density at radius 2 is 1.77 bits per heavy atom. The van der Waals surface area contributed by atoms with Gasteiger partial charge in [0.1, 0.15) is 0 Å². The maximum Gasteiger partial charge on any atom is 0.0104 e. The zero-order chi connectivity index (χ0) is 22.2. The number of allylic oxidation sites excluding steroid dienone is 4. The lowest BCUT2D eigenvalue weighted by Gasteiger charge is -2.44. The van der Waals surface area contributed by atoms with Crippen molar-refractivity contribution in [3.8, 4) is 0 Å². The second-order valence-electron chi connectivity index (χ2n) is 10.3. The van der Waals surface area contributed by atoms with Gasteiger partial charge in [0, 0.05) is 6.04 Å². The molecule has 2 aliphatic carbocycles. The van der Waals surface area contributed by atoms with Crippen molar-refractivity contribution >= 4 is 0 Å². The summed E-state index contributed by atoms with van der Waals surface area (Å²) in [4.78, 5) is 0. The molecule has 0 aliphatic heterocycles. The van der Waals surface area contributed by atoms with E-state index in [2.05, 4.69) is 82.4 Å². The molecular formula is C30H47N.